The highest BCUT2D eigenvalue weighted by atomic mass is 15.2. The molecule has 1 aromatic heterocycles. The molecule has 1 atom stereocenters. The van der Waals surface area contributed by atoms with Crippen LogP contribution in [0, 0.1) is 0 Å². The van der Waals surface area contributed by atoms with Crippen molar-refractivity contribution in [3.05, 3.63) is 193 Å². The average molecular weight is 655 g/mol. The molecule has 0 saturated heterocycles. The van der Waals surface area contributed by atoms with Crippen LogP contribution in [-0.4, -0.2) is 10.6 Å². The Balaban J connectivity index is 1.21. The molecule has 0 N–H and O–H groups in total. The monoisotopic (exact) mass is 654 g/mol. The van der Waals surface area contributed by atoms with Crippen molar-refractivity contribution in [2.24, 2.45) is 0 Å². The first-order valence-electron chi connectivity index (χ1n) is 18.0. The minimum atomic E-state index is -0.00754. The van der Waals surface area contributed by atoms with Gasteiger partial charge in [-0.25, -0.2) is 0 Å². The zero-order valence-electron chi connectivity index (χ0n) is 28.9. The van der Waals surface area contributed by atoms with Gasteiger partial charge in [-0.3, -0.25) is 0 Å². The van der Waals surface area contributed by atoms with Crippen molar-refractivity contribution in [3.8, 4) is 16.8 Å². The van der Waals surface area contributed by atoms with Gasteiger partial charge in [0.05, 0.1) is 17.1 Å². The highest BCUT2D eigenvalue weighted by Gasteiger charge is 2.40. The summed E-state index contributed by atoms with van der Waals surface area (Å²) >= 11 is 0. The molecule has 7 aromatic carbocycles. The fourth-order valence-electron chi connectivity index (χ4n) is 8.88. The second-order valence-corrected chi connectivity index (χ2v) is 14.5. The van der Waals surface area contributed by atoms with Crippen LogP contribution in [0.2, 0.25) is 0 Å². The SMILES string of the molecule is CC1(C)C2=CCC(N(c3cccc(-c4ccccc4)c3)c3ccc4c(c3)c3ccc5ccccc5c3n4-c3ccccc3)C=C2c2ccccc21. The molecule has 0 saturated carbocycles. The van der Waals surface area contributed by atoms with Crippen molar-refractivity contribution in [1.29, 1.82) is 0 Å². The molecule has 10 rings (SSSR count). The summed E-state index contributed by atoms with van der Waals surface area (Å²) in [4.78, 5) is 2.58. The number of anilines is 2. The van der Waals surface area contributed by atoms with Crippen LogP contribution in [0.4, 0.5) is 11.4 Å². The van der Waals surface area contributed by atoms with Crippen molar-refractivity contribution < 1.29 is 0 Å². The number of aromatic nitrogens is 1. The van der Waals surface area contributed by atoms with Gasteiger partial charge >= 0.3 is 0 Å². The van der Waals surface area contributed by atoms with E-state index in [1.54, 1.807) is 0 Å². The fourth-order valence-corrected chi connectivity index (χ4v) is 8.88. The predicted molar refractivity (Wildman–Crippen MR) is 216 cm³/mol. The quantitative estimate of drug-likeness (QED) is 0.179. The molecule has 1 heterocycles. The van der Waals surface area contributed by atoms with Crippen LogP contribution in [0.1, 0.15) is 31.4 Å². The van der Waals surface area contributed by atoms with Crippen LogP contribution in [-0.2, 0) is 5.41 Å². The Morgan fingerprint density at radius 2 is 1.31 bits per heavy atom. The van der Waals surface area contributed by atoms with Crippen molar-refractivity contribution in [2.45, 2.75) is 31.7 Å². The number of benzene rings is 7. The molecule has 1 unspecified atom stereocenters. The molecule has 2 aliphatic rings. The molecular weight excluding hydrogens is 617 g/mol. The minimum Gasteiger partial charge on any atom is -0.334 e. The van der Waals surface area contributed by atoms with E-state index < -0.39 is 0 Å². The molecule has 2 aliphatic carbocycles. The van der Waals surface area contributed by atoms with E-state index in [0.29, 0.717) is 0 Å². The van der Waals surface area contributed by atoms with Crippen molar-refractivity contribution in [1.82, 2.24) is 4.57 Å². The van der Waals surface area contributed by atoms with Gasteiger partial charge < -0.3 is 9.47 Å². The highest BCUT2D eigenvalue weighted by molar-refractivity contribution is 6.19. The Morgan fingerprint density at radius 1 is 0.588 bits per heavy atom. The normalized spacial score (nSPS) is 16.2. The first-order valence-corrected chi connectivity index (χ1v) is 18.0. The standard InChI is InChI=1S/C49H38N2/c1-49(2)45-23-12-11-22-41(45)43-31-38(25-28-46(43)49)50(37-20-13-17-35(30-37)33-14-5-3-6-15-33)39-26-29-47-44(32-39)42-27-24-34-16-9-10-21-40(34)48(42)51(47)36-18-7-4-8-19-36/h3-24,26-32,38H,25H2,1-2H3. The summed E-state index contributed by atoms with van der Waals surface area (Å²) in [5.74, 6) is 0. The van der Waals surface area contributed by atoms with E-state index in [0.717, 1.165) is 6.42 Å². The van der Waals surface area contributed by atoms with Gasteiger partial charge in [0.1, 0.15) is 0 Å². The lowest BCUT2D eigenvalue weighted by Gasteiger charge is -2.35. The van der Waals surface area contributed by atoms with E-state index in [2.05, 4.69) is 199 Å². The topological polar surface area (TPSA) is 8.17 Å². The summed E-state index contributed by atoms with van der Waals surface area (Å²) in [5.41, 5.74) is 14.1. The van der Waals surface area contributed by atoms with Gasteiger partial charge in [-0.05, 0) is 87.7 Å². The van der Waals surface area contributed by atoms with E-state index in [1.807, 2.05) is 0 Å². The largest absolute Gasteiger partial charge is 0.334 e. The number of fused-ring (bicyclic) bond motifs is 8. The number of nitrogens with zero attached hydrogens (tertiary/aromatic N) is 2. The molecule has 51 heavy (non-hydrogen) atoms. The predicted octanol–water partition coefficient (Wildman–Crippen LogP) is 12.8. The van der Waals surface area contributed by atoms with Crippen molar-refractivity contribution >= 4 is 49.5 Å². The van der Waals surface area contributed by atoms with Crippen LogP contribution >= 0.6 is 0 Å². The molecule has 2 heteroatoms. The van der Waals surface area contributed by atoms with Crippen molar-refractivity contribution in [3.63, 3.8) is 0 Å². The highest BCUT2D eigenvalue weighted by Crippen LogP contribution is 2.52. The molecule has 0 spiro atoms. The summed E-state index contributed by atoms with van der Waals surface area (Å²) in [5, 5.41) is 5.04. The molecule has 8 aromatic rings. The van der Waals surface area contributed by atoms with Crippen LogP contribution in [0.15, 0.2) is 182 Å². The van der Waals surface area contributed by atoms with E-state index >= 15 is 0 Å². The third-order valence-corrected chi connectivity index (χ3v) is 11.3. The van der Waals surface area contributed by atoms with Gasteiger partial charge in [0.15, 0.2) is 0 Å². The lowest BCUT2D eigenvalue weighted by atomic mass is 9.80. The van der Waals surface area contributed by atoms with Gasteiger partial charge in [0, 0.05) is 38.6 Å². The Bertz CT molecular complexity index is 2690. The Kier molecular flexibility index (Phi) is 6.69. The first-order chi connectivity index (χ1) is 25.1. The number of hydrogen-bond donors (Lipinski definition) is 0. The summed E-state index contributed by atoms with van der Waals surface area (Å²) in [6.07, 6.45) is 5.99. The third-order valence-electron chi connectivity index (χ3n) is 11.3. The summed E-state index contributed by atoms with van der Waals surface area (Å²) < 4.78 is 2.45. The minimum absolute atomic E-state index is 0.00754. The number of rotatable bonds is 5. The maximum Gasteiger partial charge on any atom is 0.0619 e. The smallest absolute Gasteiger partial charge is 0.0619 e. The molecule has 0 radical (unpaired) electrons. The zero-order valence-corrected chi connectivity index (χ0v) is 28.9. The number of para-hydroxylation sites is 1. The maximum absolute atomic E-state index is 2.58. The molecule has 0 aliphatic heterocycles. The van der Waals surface area contributed by atoms with E-state index in [1.165, 1.54) is 83.0 Å². The molecule has 0 bridgehead atoms. The van der Waals surface area contributed by atoms with E-state index in [9.17, 15) is 0 Å². The lowest BCUT2D eigenvalue weighted by molar-refractivity contribution is 0.648. The van der Waals surface area contributed by atoms with E-state index in [4.69, 9.17) is 0 Å². The van der Waals surface area contributed by atoms with Crippen LogP contribution in [0.3, 0.4) is 0 Å². The van der Waals surface area contributed by atoms with Gasteiger partial charge in [-0.1, -0.05) is 147 Å². The average Bonchev–Trinajstić information content (AvgIpc) is 3.64. The molecule has 0 amide bonds. The lowest BCUT2D eigenvalue weighted by Crippen LogP contribution is -2.31. The summed E-state index contributed by atoms with van der Waals surface area (Å²) in [7, 11) is 0. The zero-order chi connectivity index (χ0) is 34.1. The Hall–Kier alpha value is -6.12. The molecule has 0 fully saturated rings. The number of hydrogen-bond acceptors (Lipinski definition) is 1. The first kappa shape index (κ1) is 29.8. The summed E-state index contributed by atoms with van der Waals surface area (Å²) in [6.45, 7) is 4.75. The Labute approximate surface area is 299 Å². The Morgan fingerprint density at radius 3 is 2.18 bits per heavy atom. The van der Waals surface area contributed by atoms with Crippen LogP contribution in [0.5, 0.6) is 0 Å². The van der Waals surface area contributed by atoms with Gasteiger partial charge in [-0.15, -0.1) is 0 Å². The van der Waals surface area contributed by atoms with Crippen LogP contribution in [0.25, 0.3) is 55.0 Å². The van der Waals surface area contributed by atoms with Gasteiger partial charge in [0.2, 0.25) is 0 Å². The van der Waals surface area contributed by atoms with Crippen LogP contribution < -0.4 is 4.90 Å². The number of allylic oxidation sites excluding steroid dienone is 2. The molecular formula is C49H38N2. The molecule has 2 nitrogen and oxygen atoms in total. The van der Waals surface area contributed by atoms with Gasteiger partial charge in [0.25, 0.3) is 0 Å². The summed E-state index contributed by atoms with van der Waals surface area (Å²) in [6, 6.07) is 60.2. The fraction of sp³-hybridized carbons (Fsp3) is 0.102. The van der Waals surface area contributed by atoms with Gasteiger partial charge in [-0.2, -0.15) is 0 Å². The third kappa shape index (κ3) is 4.63. The second-order valence-electron chi connectivity index (χ2n) is 14.5. The van der Waals surface area contributed by atoms with Crippen molar-refractivity contribution in [2.75, 3.05) is 4.90 Å². The molecule has 244 valence electrons. The maximum atomic E-state index is 2.58. The second kappa shape index (κ2) is 11.5. The van der Waals surface area contributed by atoms with E-state index in [-0.39, 0.29) is 11.5 Å².